The van der Waals surface area contributed by atoms with Gasteiger partial charge in [-0.1, -0.05) is 36.4 Å². The number of benzene rings is 1. The summed E-state index contributed by atoms with van der Waals surface area (Å²) < 4.78 is 4.83. The predicted molar refractivity (Wildman–Crippen MR) is 72.1 cm³/mol. The van der Waals surface area contributed by atoms with Gasteiger partial charge in [0.15, 0.2) is 11.6 Å². The van der Waals surface area contributed by atoms with Crippen molar-refractivity contribution in [2.24, 2.45) is 0 Å². The third-order valence-corrected chi connectivity index (χ3v) is 3.23. The number of aliphatic hydroxyl groups excluding tert-OH is 2. The number of hydrogen-bond acceptors (Lipinski definition) is 5. The molecule has 2 atom stereocenters. The molecule has 0 heterocycles. The highest BCUT2D eigenvalue weighted by atomic mass is 16.6. The lowest BCUT2D eigenvalue weighted by Crippen LogP contribution is -2.33. The minimum Gasteiger partial charge on any atom is -0.508 e. The second-order valence-corrected chi connectivity index (χ2v) is 4.57. The van der Waals surface area contributed by atoms with Crippen LogP contribution in [0.1, 0.15) is 16.8 Å². The molecule has 1 aromatic carbocycles. The van der Waals surface area contributed by atoms with E-state index in [0.29, 0.717) is 5.56 Å². The maximum absolute atomic E-state index is 12.1. The lowest BCUT2D eigenvalue weighted by molar-refractivity contribution is -0.145. The van der Waals surface area contributed by atoms with Crippen LogP contribution >= 0.6 is 0 Å². The van der Waals surface area contributed by atoms with Crippen LogP contribution in [-0.4, -0.2) is 40.1 Å². The predicted octanol–water partition coefficient (Wildman–Crippen LogP) is 1.34. The molecule has 1 aromatic rings. The number of hydrogen-bond donors (Lipinski definition) is 3. The first-order valence-electron chi connectivity index (χ1n) is 6.14. The van der Waals surface area contributed by atoms with Gasteiger partial charge in [-0.2, -0.15) is 0 Å². The number of ketones is 1. The summed E-state index contributed by atoms with van der Waals surface area (Å²) in [6, 6.07) is 8.31. The van der Waals surface area contributed by atoms with Crippen molar-refractivity contribution in [3.63, 3.8) is 0 Å². The number of methoxy groups -OCH3 is 1. The molecule has 3 N–H and O–H groups in total. The van der Waals surface area contributed by atoms with Crippen LogP contribution in [0.3, 0.4) is 0 Å². The molecule has 106 valence electrons. The molecule has 0 spiro atoms. The molecular weight excluding hydrogens is 260 g/mol. The SMILES string of the molecule is COC1(O)C=C(O)C(C(O)C(=O)c2ccccc2)=CC1. The van der Waals surface area contributed by atoms with Crippen LogP contribution in [0.15, 0.2) is 53.8 Å². The van der Waals surface area contributed by atoms with Crippen LogP contribution < -0.4 is 0 Å². The van der Waals surface area contributed by atoms with Crippen LogP contribution in [0, 0.1) is 0 Å². The molecule has 0 radical (unpaired) electrons. The van der Waals surface area contributed by atoms with E-state index in [9.17, 15) is 20.1 Å². The van der Waals surface area contributed by atoms with E-state index in [1.807, 2.05) is 0 Å². The molecule has 0 saturated heterocycles. The molecule has 2 rings (SSSR count). The second kappa shape index (κ2) is 5.58. The third kappa shape index (κ3) is 2.80. The van der Waals surface area contributed by atoms with Gasteiger partial charge >= 0.3 is 0 Å². The van der Waals surface area contributed by atoms with Crippen LogP contribution in [0.25, 0.3) is 0 Å². The smallest absolute Gasteiger partial charge is 0.195 e. The van der Waals surface area contributed by atoms with Crippen molar-refractivity contribution in [3.8, 4) is 0 Å². The van der Waals surface area contributed by atoms with Crippen LogP contribution in [0.5, 0.6) is 0 Å². The summed E-state index contributed by atoms with van der Waals surface area (Å²) in [6.45, 7) is 0. The van der Waals surface area contributed by atoms with Gasteiger partial charge in [0.2, 0.25) is 0 Å². The first kappa shape index (κ1) is 14.5. The Kier molecular flexibility index (Phi) is 4.04. The number of carbonyl (C=O) groups excluding carboxylic acids is 1. The number of carbonyl (C=O) groups is 1. The summed E-state index contributed by atoms with van der Waals surface area (Å²) in [4.78, 5) is 12.1. The summed E-state index contributed by atoms with van der Waals surface area (Å²) >= 11 is 0. The molecule has 0 saturated carbocycles. The fraction of sp³-hybridized carbons (Fsp3) is 0.267. The van der Waals surface area contributed by atoms with E-state index < -0.39 is 17.7 Å². The fourth-order valence-corrected chi connectivity index (χ4v) is 2.01. The molecule has 0 aromatic heterocycles. The van der Waals surface area contributed by atoms with Crippen LogP contribution in [0.2, 0.25) is 0 Å². The van der Waals surface area contributed by atoms with Crippen molar-refractivity contribution < 1.29 is 24.9 Å². The van der Waals surface area contributed by atoms with Gasteiger partial charge in [0.05, 0.1) is 0 Å². The molecular formula is C15H16O5. The number of Topliss-reactive ketones (excluding diaryl/α,β-unsaturated/α-hetero) is 1. The minimum atomic E-state index is -1.61. The van der Waals surface area contributed by atoms with Gasteiger partial charge in [-0.25, -0.2) is 0 Å². The molecule has 0 bridgehead atoms. The molecule has 0 aliphatic heterocycles. The number of aliphatic hydroxyl groups is 3. The van der Waals surface area contributed by atoms with E-state index in [-0.39, 0.29) is 17.8 Å². The standard InChI is InChI=1S/C15H16O5/c1-20-15(19)8-7-11(12(16)9-15)14(18)13(17)10-5-3-2-4-6-10/h2-7,9,14,16,18-19H,8H2,1H3. The maximum Gasteiger partial charge on any atom is 0.195 e. The van der Waals surface area contributed by atoms with Crippen LogP contribution in [0.4, 0.5) is 0 Å². The molecule has 5 heteroatoms. The average Bonchev–Trinajstić information content (AvgIpc) is 2.47. The summed E-state index contributed by atoms with van der Waals surface area (Å²) in [5.74, 6) is -2.49. The minimum absolute atomic E-state index is 0.0437. The van der Waals surface area contributed by atoms with Gasteiger partial charge in [-0.3, -0.25) is 4.79 Å². The molecule has 1 aliphatic rings. The van der Waals surface area contributed by atoms with E-state index in [4.69, 9.17) is 4.74 Å². The van der Waals surface area contributed by atoms with Gasteiger partial charge in [0.25, 0.3) is 0 Å². The normalized spacial score (nSPS) is 23.8. The van der Waals surface area contributed by atoms with Gasteiger partial charge in [-0.05, 0) is 0 Å². The zero-order valence-corrected chi connectivity index (χ0v) is 11.0. The summed E-state index contributed by atoms with van der Waals surface area (Å²) in [5, 5.41) is 29.7. The van der Waals surface area contributed by atoms with Crippen molar-refractivity contribution in [2.75, 3.05) is 7.11 Å². The zero-order valence-electron chi connectivity index (χ0n) is 11.0. The molecule has 2 unspecified atom stereocenters. The lowest BCUT2D eigenvalue weighted by Gasteiger charge is -2.27. The zero-order chi connectivity index (χ0) is 14.8. The Morgan fingerprint density at radius 1 is 1.35 bits per heavy atom. The highest BCUT2D eigenvalue weighted by molar-refractivity contribution is 6.01. The Morgan fingerprint density at radius 3 is 2.55 bits per heavy atom. The van der Waals surface area contributed by atoms with Crippen LogP contribution in [-0.2, 0) is 4.74 Å². The van der Waals surface area contributed by atoms with Crippen molar-refractivity contribution in [2.45, 2.75) is 18.3 Å². The molecule has 0 fully saturated rings. The Labute approximate surface area is 116 Å². The molecule has 5 nitrogen and oxygen atoms in total. The highest BCUT2D eigenvalue weighted by Crippen LogP contribution is 2.28. The Morgan fingerprint density at radius 2 is 2.00 bits per heavy atom. The quantitative estimate of drug-likeness (QED) is 0.570. The third-order valence-electron chi connectivity index (χ3n) is 3.23. The summed E-state index contributed by atoms with van der Waals surface area (Å²) in [5.41, 5.74) is 0.418. The Balaban J connectivity index is 2.21. The van der Waals surface area contributed by atoms with Crippen molar-refractivity contribution in [3.05, 3.63) is 59.4 Å². The van der Waals surface area contributed by atoms with E-state index in [1.54, 1.807) is 30.3 Å². The highest BCUT2D eigenvalue weighted by Gasteiger charge is 2.32. The topological polar surface area (TPSA) is 87.0 Å². The van der Waals surface area contributed by atoms with Crippen molar-refractivity contribution >= 4 is 5.78 Å². The lowest BCUT2D eigenvalue weighted by atomic mass is 9.92. The van der Waals surface area contributed by atoms with Gasteiger partial charge in [-0.15, -0.1) is 0 Å². The van der Waals surface area contributed by atoms with E-state index >= 15 is 0 Å². The second-order valence-electron chi connectivity index (χ2n) is 4.57. The van der Waals surface area contributed by atoms with E-state index in [2.05, 4.69) is 0 Å². The largest absolute Gasteiger partial charge is 0.508 e. The number of rotatable bonds is 4. The maximum atomic E-state index is 12.1. The molecule has 1 aliphatic carbocycles. The Hall–Kier alpha value is -1.95. The van der Waals surface area contributed by atoms with Crippen molar-refractivity contribution in [1.82, 2.24) is 0 Å². The average molecular weight is 276 g/mol. The van der Waals surface area contributed by atoms with E-state index in [0.717, 1.165) is 6.08 Å². The number of ether oxygens (including phenoxy) is 1. The fourth-order valence-electron chi connectivity index (χ4n) is 2.01. The van der Waals surface area contributed by atoms with Gasteiger partial charge in [0, 0.05) is 30.7 Å². The van der Waals surface area contributed by atoms with Gasteiger partial charge < -0.3 is 20.1 Å². The monoisotopic (exact) mass is 276 g/mol. The molecule has 20 heavy (non-hydrogen) atoms. The first-order valence-corrected chi connectivity index (χ1v) is 6.14. The summed E-state index contributed by atoms with van der Waals surface area (Å²) in [6.07, 6.45) is 1.03. The van der Waals surface area contributed by atoms with Crippen molar-refractivity contribution in [1.29, 1.82) is 0 Å². The van der Waals surface area contributed by atoms with E-state index in [1.165, 1.54) is 13.2 Å². The molecule has 0 amide bonds. The Bertz CT molecular complexity index is 561. The van der Waals surface area contributed by atoms with Gasteiger partial charge in [0.1, 0.15) is 11.9 Å². The summed E-state index contributed by atoms with van der Waals surface area (Å²) in [7, 11) is 1.30. The first-order chi connectivity index (χ1) is 9.47.